The fraction of sp³-hybridized carbons (Fsp3) is 0.389. The maximum atomic E-state index is 11.1. The number of aryl methyl sites for hydroxylation is 1. The third-order valence-electron chi connectivity index (χ3n) is 3.86. The maximum absolute atomic E-state index is 11.1. The van der Waals surface area contributed by atoms with Gasteiger partial charge in [-0.3, -0.25) is 0 Å². The molecule has 0 spiro atoms. The number of hydrogen-bond acceptors (Lipinski definition) is 1. The average Bonchev–Trinajstić information content (AvgIpc) is 2.40. The van der Waals surface area contributed by atoms with Crippen molar-refractivity contribution in [1.29, 1.82) is 0 Å². The lowest BCUT2D eigenvalue weighted by molar-refractivity contribution is 0.117. The lowest BCUT2D eigenvalue weighted by Gasteiger charge is -2.38. The van der Waals surface area contributed by atoms with Gasteiger partial charge in [-0.05, 0) is 37.1 Å². The van der Waals surface area contributed by atoms with Crippen LogP contribution in [0.25, 0.3) is 0 Å². The minimum Gasteiger partial charge on any atom is -0.465 e. The van der Waals surface area contributed by atoms with Gasteiger partial charge in [0.2, 0.25) is 0 Å². The van der Waals surface area contributed by atoms with Crippen molar-refractivity contribution in [3.63, 3.8) is 0 Å². The average molecular weight is 283 g/mol. The van der Waals surface area contributed by atoms with E-state index in [-0.39, 0.29) is 5.41 Å². The molecule has 0 unspecified atom stereocenters. The molecule has 0 atom stereocenters. The number of rotatable bonds is 0. The zero-order chi connectivity index (χ0) is 15.5. The van der Waals surface area contributed by atoms with Crippen molar-refractivity contribution in [1.82, 2.24) is 4.90 Å². The Kier molecular flexibility index (Phi) is 4.37. The molecule has 1 N–H and O–H groups in total. The zero-order valence-electron chi connectivity index (χ0n) is 12.8. The third-order valence-corrected chi connectivity index (χ3v) is 3.86. The number of benzene rings is 1. The molecule has 1 aliphatic rings. The molecule has 1 fully saturated rings. The van der Waals surface area contributed by atoms with Crippen LogP contribution in [-0.4, -0.2) is 29.2 Å². The summed E-state index contributed by atoms with van der Waals surface area (Å²) in [5.41, 5.74) is 3.27. The number of amides is 1. The molecule has 0 radical (unpaired) electrons. The van der Waals surface area contributed by atoms with E-state index < -0.39 is 6.09 Å². The standard InChI is InChI=1S/C18H21NO2/c1-14-6-4-7-15(12-14)8-5-9-16-10-11-19(17(20)21)13-18(16,2)3/h4,6-7,9,12H,10-11,13H2,1-3H3,(H,20,21)/b16-9+. The summed E-state index contributed by atoms with van der Waals surface area (Å²) in [5, 5.41) is 9.09. The lowest BCUT2D eigenvalue weighted by Crippen LogP contribution is -2.44. The molecule has 2 rings (SSSR count). The molecular formula is C18H21NO2. The predicted molar refractivity (Wildman–Crippen MR) is 84.1 cm³/mol. The van der Waals surface area contributed by atoms with Gasteiger partial charge in [-0.1, -0.05) is 43.4 Å². The fourth-order valence-corrected chi connectivity index (χ4v) is 2.61. The maximum Gasteiger partial charge on any atom is 0.407 e. The van der Waals surface area contributed by atoms with Crippen molar-refractivity contribution in [2.45, 2.75) is 27.2 Å². The fourth-order valence-electron chi connectivity index (χ4n) is 2.61. The molecule has 3 heteroatoms. The summed E-state index contributed by atoms with van der Waals surface area (Å²) in [6.45, 7) is 7.27. The first kappa shape index (κ1) is 15.2. The molecule has 0 bridgehead atoms. The summed E-state index contributed by atoms with van der Waals surface area (Å²) in [4.78, 5) is 12.5. The van der Waals surface area contributed by atoms with Gasteiger partial charge < -0.3 is 10.0 Å². The Labute approximate surface area is 126 Å². The first-order chi connectivity index (χ1) is 9.88. The highest BCUT2D eigenvalue weighted by Gasteiger charge is 2.32. The van der Waals surface area contributed by atoms with Gasteiger partial charge >= 0.3 is 6.09 Å². The minimum absolute atomic E-state index is 0.155. The highest BCUT2D eigenvalue weighted by Crippen LogP contribution is 2.33. The van der Waals surface area contributed by atoms with Gasteiger partial charge in [-0.15, -0.1) is 0 Å². The summed E-state index contributed by atoms with van der Waals surface area (Å²) >= 11 is 0. The molecule has 1 saturated heterocycles. The molecule has 21 heavy (non-hydrogen) atoms. The number of carboxylic acid groups (broad SMARTS) is 1. The molecule has 3 nitrogen and oxygen atoms in total. The Morgan fingerprint density at radius 3 is 2.81 bits per heavy atom. The normalized spacial score (nSPS) is 19.0. The van der Waals surface area contributed by atoms with E-state index in [9.17, 15) is 4.79 Å². The van der Waals surface area contributed by atoms with E-state index >= 15 is 0 Å². The van der Waals surface area contributed by atoms with Gasteiger partial charge in [-0.25, -0.2) is 4.79 Å². The van der Waals surface area contributed by atoms with E-state index in [0.717, 1.165) is 12.0 Å². The van der Waals surface area contributed by atoms with Gasteiger partial charge in [0.1, 0.15) is 0 Å². The molecule has 1 aliphatic heterocycles. The molecular weight excluding hydrogens is 262 g/mol. The molecule has 0 aliphatic carbocycles. The number of allylic oxidation sites excluding steroid dienone is 1. The molecule has 1 aromatic rings. The lowest BCUT2D eigenvalue weighted by atomic mass is 9.79. The summed E-state index contributed by atoms with van der Waals surface area (Å²) in [5.74, 6) is 6.27. The van der Waals surface area contributed by atoms with E-state index in [2.05, 4.69) is 31.8 Å². The van der Waals surface area contributed by atoms with Crippen LogP contribution < -0.4 is 0 Å². The molecule has 1 heterocycles. The van der Waals surface area contributed by atoms with Crippen LogP contribution in [0.3, 0.4) is 0 Å². The van der Waals surface area contributed by atoms with Crippen LogP contribution in [0.15, 0.2) is 35.9 Å². The van der Waals surface area contributed by atoms with Crippen LogP contribution in [-0.2, 0) is 0 Å². The highest BCUT2D eigenvalue weighted by atomic mass is 16.4. The second kappa shape index (κ2) is 6.05. The van der Waals surface area contributed by atoms with E-state index in [1.54, 1.807) is 0 Å². The Bertz CT molecular complexity index is 632. The Hall–Kier alpha value is -2.21. The number of piperidine rings is 1. The predicted octanol–water partition coefficient (Wildman–Crippen LogP) is 3.68. The van der Waals surface area contributed by atoms with Crippen molar-refractivity contribution in [2.24, 2.45) is 5.41 Å². The third kappa shape index (κ3) is 3.88. The van der Waals surface area contributed by atoms with Crippen LogP contribution in [0.5, 0.6) is 0 Å². The van der Waals surface area contributed by atoms with Gasteiger partial charge in [-0.2, -0.15) is 0 Å². The van der Waals surface area contributed by atoms with Crippen LogP contribution in [0.1, 0.15) is 31.4 Å². The number of likely N-dealkylation sites (tertiary alicyclic amines) is 1. The van der Waals surface area contributed by atoms with E-state index in [1.807, 2.05) is 31.2 Å². The molecule has 0 aromatic heterocycles. The van der Waals surface area contributed by atoms with Crippen LogP contribution in [0.4, 0.5) is 4.79 Å². The number of nitrogens with zero attached hydrogens (tertiary/aromatic N) is 1. The van der Waals surface area contributed by atoms with Crippen molar-refractivity contribution in [3.8, 4) is 11.8 Å². The van der Waals surface area contributed by atoms with Crippen LogP contribution >= 0.6 is 0 Å². The molecule has 110 valence electrons. The topological polar surface area (TPSA) is 40.5 Å². The molecule has 0 saturated carbocycles. The molecule has 1 aromatic carbocycles. The number of hydrogen-bond donors (Lipinski definition) is 1. The second-order valence-electron chi connectivity index (χ2n) is 6.15. The van der Waals surface area contributed by atoms with Gasteiger partial charge in [0.25, 0.3) is 0 Å². The monoisotopic (exact) mass is 283 g/mol. The quantitative estimate of drug-likeness (QED) is 0.738. The van der Waals surface area contributed by atoms with Crippen LogP contribution in [0.2, 0.25) is 0 Å². The second-order valence-corrected chi connectivity index (χ2v) is 6.15. The van der Waals surface area contributed by atoms with Gasteiger partial charge in [0.05, 0.1) is 0 Å². The van der Waals surface area contributed by atoms with Crippen molar-refractivity contribution in [2.75, 3.05) is 13.1 Å². The van der Waals surface area contributed by atoms with Gasteiger partial charge in [0.15, 0.2) is 0 Å². The Morgan fingerprint density at radius 2 is 2.19 bits per heavy atom. The van der Waals surface area contributed by atoms with E-state index in [0.29, 0.717) is 13.1 Å². The molecule has 1 amide bonds. The summed E-state index contributed by atoms with van der Waals surface area (Å²) < 4.78 is 0. The SMILES string of the molecule is Cc1cccc(C#C/C=C2\CCN(C(=O)O)CC2(C)C)c1. The Balaban J connectivity index is 2.14. The smallest absolute Gasteiger partial charge is 0.407 e. The van der Waals surface area contributed by atoms with Crippen LogP contribution in [0, 0.1) is 24.2 Å². The summed E-state index contributed by atoms with van der Waals surface area (Å²) in [6.07, 6.45) is 1.87. The van der Waals surface area contributed by atoms with Crippen molar-refractivity contribution < 1.29 is 9.90 Å². The summed E-state index contributed by atoms with van der Waals surface area (Å²) in [6, 6.07) is 8.11. The van der Waals surface area contributed by atoms with Gasteiger partial charge in [0, 0.05) is 24.1 Å². The minimum atomic E-state index is -0.840. The Morgan fingerprint density at radius 1 is 1.43 bits per heavy atom. The van der Waals surface area contributed by atoms with E-state index in [4.69, 9.17) is 5.11 Å². The number of carbonyl (C=O) groups is 1. The highest BCUT2D eigenvalue weighted by molar-refractivity contribution is 5.65. The first-order valence-corrected chi connectivity index (χ1v) is 7.14. The zero-order valence-corrected chi connectivity index (χ0v) is 12.8. The largest absolute Gasteiger partial charge is 0.465 e. The van der Waals surface area contributed by atoms with Crippen molar-refractivity contribution in [3.05, 3.63) is 47.0 Å². The first-order valence-electron chi connectivity index (χ1n) is 7.14. The summed E-state index contributed by atoms with van der Waals surface area (Å²) in [7, 11) is 0. The van der Waals surface area contributed by atoms with E-state index in [1.165, 1.54) is 16.0 Å². The van der Waals surface area contributed by atoms with Crippen molar-refractivity contribution >= 4 is 6.09 Å².